The fourth-order valence-electron chi connectivity index (χ4n) is 6.27. The standard InChI is InChI=1S/C44H57NO4/c1-41(2,3)33-23-31(24-34(38(33)46)42(4,5)6)37(32-25-35(43(7,8)9)39(47)36(26-32)44(10,11)12)40(48)49-45(27-29-19-15-13-16-20-29)28-30-21-17-14-18-22-30/h13-26,37,46-47H,27-28H2,1-12H3. The monoisotopic (exact) mass is 663 g/mol. The highest BCUT2D eigenvalue weighted by molar-refractivity contribution is 5.83. The summed E-state index contributed by atoms with van der Waals surface area (Å²) in [7, 11) is 0. The van der Waals surface area contributed by atoms with Crippen LogP contribution in [-0.2, 0) is 44.4 Å². The predicted octanol–water partition coefficient (Wildman–Crippen LogP) is 10.6. The molecule has 0 atom stereocenters. The molecule has 0 bridgehead atoms. The predicted molar refractivity (Wildman–Crippen MR) is 201 cm³/mol. The van der Waals surface area contributed by atoms with Crippen molar-refractivity contribution in [2.75, 3.05) is 0 Å². The number of benzene rings is 4. The van der Waals surface area contributed by atoms with Crippen LogP contribution in [0.3, 0.4) is 0 Å². The largest absolute Gasteiger partial charge is 0.507 e. The Morgan fingerprint density at radius 3 is 1.10 bits per heavy atom. The molecule has 0 amide bonds. The number of phenols is 2. The third kappa shape index (κ3) is 9.13. The molecule has 0 saturated heterocycles. The first-order valence-electron chi connectivity index (χ1n) is 17.4. The van der Waals surface area contributed by atoms with E-state index in [4.69, 9.17) is 4.84 Å². The smallest absolute Gasteiger partial charge is 0.336 e. The summed E-state index contributed by atoms with van der Waals surface area (Å²) in [5.74, 6) is -0.772. The van der Waals surface area contributed by atoms with Crippen molar-refractivity contribution in [3.8, 4) is 11.5 Å². The van der Waals surface area contributed by atoms with Crippen molar-refractivity contribution >= 4 is 5.97 Å². The van der Waals surface area contributed by atoms with Gasteiger partial charge in [0.15, 0.2) is 0 Å². The molecule has 0 aliphatic rings. The van der Waals surface area contributed by atoms with E-state index in [1.807, 2.05) is 84.9 Å². The summed E-state index contributed by atoms with van der Waals surface area (Å²) >= 11 is 0. The first kappa shape index (κ1) is 37.7. The van der Waals surface area contributed by atoms with Gasteiger partial charge in [-0.1, -0.05) is 168 Å². The van der Waals surface area contributed by atoms with E-state index in [0.29, 0.717) is 13.1 Å². The molecule has 4 aromatic carbocycles. The van der Waals surface area contributed by atoms with Crippen LogP contribution in [0, 0.1) is 0 Å². The molecule has 0 aromatic heterocycles. The van der Waals surface area contributed by atoms with Gasteiger partial charge in [-0.25, -0.2) is 4.79 Å². The molecule has 4 aromatic rings. The molecular weight excluding hydrogens is 606 g/mol. The van der Waals surface area contributed by atoms with E-state index in [1.54, 1.807) is 5.06 Å². The van der Waals surface area contributed by atoms with Gasteiger partial charge in [-0.2, -0.15) is 0 Å². The van der Waals surface area contributed by atoms with Crippen LogP contribution >= 0.6 is 0 Å². The third-order valence-corrected chi connectivity index (χ3v) is 9.02. The van der Waals surface area contributed by atoms with Gasteiger partial charge in [0.25, 0.3) is 0 Å². The van der Waals surface area contributed by atoms with Gasteiger partial charge in [-0.05, 0) is 66.2 Å². The topological polar surface area (TPSA) is 70.0 Å². The molecule has 0 heterocycles. The van der Waals surface area contributed by atoms with Crippen LogP contribution in [0.5, 0.6) is 11.5 Å². The maximum absolute atomic E-state index is 15.0. The average molecular weight is 664 g/mol. The molecule has 5 heteroatoms. The number of carbonyl (C=O) groups is 1. The van der Waals surface area contributed by atoms with Crippen LogP contribution in [0.15, 0.2) is 84.9 Å². The zero-order chi connectivity index (χ0) is 36.5. The lowest BCUT2D eigenvalue weighted by Gasteiger charge is -2.32. The maximum Gasteiger partial charge on any atom is 0.336 e. The van der Waals surface area contributed by atoms with Crippen LogP contribution in [0.25, 0.3) is 0 Å². The highest BCUT2D eigenvalue weighted by Crippen LogP contribution is 2.45. The highest BCUT2D eigenvalue weighted by atomic mass is 16.7. The number of rotatable bonds is 8. The van der Waals surface area contributed by atoms with Crippen LogP contribution in [0.2, 0.25) is 0 Å². The second kappa shape index (κ2) is 14.0. The second-order valence-corrected chi connectivity index (χ2v) is 17.5. The van der Waals surface area contributed by atoms with Crippen molar-refractivity contribution < 1.29 is 19.8 Å². The normalized spacial score (nSPS) is 12.9. The Labute approximate surface area is 294 Å². The molecule has 2 N–H and O–H groups in total. The highest BCUT2D eigenvalue weighted by Gasteiger charge is 2.35. The minimum atomic E-state index is -0.848. The average Bonchev–Trinajstić information content (AvgIpc) is 2.97. The SMILES string of the molecule is CC(C)(C)c1cc(C(C(=O)ON(Cc2ccccc2)Cc2ccccc2)c2cc(C(C)(C)C)c(O)c(C(C)(C)C)c2)cc(C(C)(C)C)c1O. The molecule has 0 aliphatic carbocycles. The zero-order valence-corrected chi connectivity index (χ0v) is 31.7. The van der Waals surface area contributed by atoms with Crippen LogP contribution in [-0.4, -0.2) is 21.2 Å². The number of aromatic hydroxyl groups is 2. The lowest BCUT2D eigenvalue weighted by Crippen LogP contribution is -2.31. The quantitative estimate of drug-likeness (QED) is 0.184. The summed E-state index contributed by atoms with van der Waals surface area (Å²) in [5.41, 5.74) is 4.99. The molecule has 49 heavy (non-hydrogen) atoms. The summed E-state index contributed by atoms with van der Waals surface area (Å²) < 4.78 is 0. The summed E-state index contributed by atoms with van der Waals surface area (Å²) in [6.45, 7) is 25.7. The van der Waals surface area contributed by atoms with Crippen molar-refractivity contribution in [3.05, 3.63) is 129 Å². The molecule has 0 unspecified atom stereocenters. The number of carbonyl (C=O) groups excluding carboxylic acids is 1. The van der Waals surface area contributed by atoms with Crippen molar-refractivity contribution in [2.24, 2.45) is 0 Å². The van der Waals surface area contributed by atoms with Gasteiger partial charge in [-0.3, -0.25) is 0 Å². The lowest BCUT2D eigenvalue weighted by molar-refractivity contribution is -0.197. The molecule has 4 rings (SSSR count). The van der Waals surface area contributed by atoms with Crippen molar-refractivity contribution in [2.45, 2.75) is 124 Å². The Morgan fingerprint density at radius 1 is 0.551 bits per heavy atom. The van der Waals surface area contributed by atoms with Crippen LogP contribution in [0.1, 0.15) is 134 Å². The molecule has 262 valence electrons. The summed E-state index contributed by atoms with van der Waals surface area (Å²) in [4.78, 5) is 21.4. The lowest BCUT2D eigenvalue weighted by atomic mass is 9.74. The van der Waals surface area contributed by atoms with Gasteiger partial charge in [0.2, 0.25) is 0 Å². The van der Waals surface area contributed by atoms with Crippen molar-refractivity contribution in [1.82, 2.24) is 5.06 Å². The Hall–Kier alpha value is -4.09. The number of phenolic OH excluding ortho intramolecular Hbond substituents is 2. The number of hydroxylamine groups is 2. The van der Waals surface area contributed by atoms with E-state index in [1.165, 1.54) is 0 Å². The minimum Gasteiger partial charge on any atom is -0.507 e. The number of hydrogen-bond donors (Lipinski definition) is 2. The van der Waals surface area contributed by atoms with Gasteiger partial charge in [-0.15, -0.1) is 5.06 Å². The Morgan fingerprint density at radius 2 is 0.837 bits per heavy atom. The summed E-state index contributed by atoms with van der Waals surface area (Å²) in [6, 6.07) is 27.9. The Balaban J connectivity index is 2.00. The molecule has 0 spiro atoms. The van der Waals surface area contributed by atoms with Crippen molar-refractivity contribution in [3.63, 3.8) is 0 Å². The maximum atomic E-state index is 15.0. The molecule has 0 radical (unpaired) electrons. The first-order valence-corrected chi connectivity index (χ1v) is 17.4. The second-order valence-electron chi connectivity index (χ2n) is 17.5. The van der Waals surface area contributed by atoms with E-state index in [0.717, 1.165) is 44.5 Å². The molecule has 0 saturated carbocycles. The Bertz CT molecular complexity index is 1550. The Kier molecular flexibility index (Phi) is 10.8. The summed E-state index contributed by atoms with van der Waals surface area (Å²) in [5, 5.41) is 25.0. The molecular formula is C44H57NO4. The molecule has 5 nitrogen and oxygen atoms in total. The summed E-state index contributed by atoms with van der Waals surface area (Å²) in [6.07, 6.45) is 0. The molecule has 0 fully saturated rings. The van der Waals surface area contributed by atoms with Gasteiger partial charge in [0.1, 0.15) is 17.4 Å². The van der Waals surface area contributed by atoms with E-state index < -0.39 is 33.5 Å². The zero-order valence-electron chi connectivity index (χ0n) is 31.7. The number of hydrogen-bond acceptors (Lipinski definition) is 5. The number of nitrogens with zero attached hydrogens (tertiary/aromatic N) is 1. The van der Waals surface area contributed by atoms with Crippen molar-refractivity contribution in [1.29, 1.82) is 0 Å². The third-order valence-electron chi connectivity index (χ3n) is 9.02. The van der Waals surface area contributed by atoms with Gasteiger partial charge >= 0.3 is 5.97 Å². The van der Waals surface area contributed by atoms with Crippen LogP contribution < -0.4 is 0 Å². The molecule has 0 aliphatic heterocycles. The van der Waals surface area contributed by atoms with Crippen LogP contribution in [0.4, 0.5) is 0 Å². The minimum absolute atomic E-state index is 0.252. The van der Waals surface area contributed by atoms with Gasteiger partial charge in [0.05, 0.1) is 13.1 Å². The van der Waals surface area contributed by atoms with E-state index in [-0.39, 0.29) is 11.5 Å². The van der Waals surface area contributed by atoms with E-state index >= 15 is 0 Å². The van der Waals surface area contributed by atoms with Gasteiger partial charge < -0.3 is 15.1 Å². The fraction of sp³-hybridized carbons (Fsp3) is 0.432. The van der Waals surface area contributed by atoms with E-state index in [9.17, 15) is 15.0 Å². The van der Waals surface area contributed by atoms with E-state index in [2.05, 4.69) is 83.1 Å². The fourth-order valence-corrected chi connectivity index (χ4v) is 6.27. The van der Waals surface area contributed by atoms with Gasteiger partial charge in [0, 0.05) is 0 Å². The first-order chi connectivity index (χ1) is 22.6.